The summed E-state index contributed by atoms with van der Waals surface area (Å²) in [5.41, 5.74) is 16.1. The van der Waals surface area contributed by atoms with E-state index in [2.05, 4.69) is 230 Å². The Bertz CT molecular complexity index is 3040. The Morgan fingerprint density at radius 1 is 0.597 bits per heavy atom. The maximum absolute atomic E-state index is 5.26. The van der Waals surface area contributed by atoms with Gasteiger partial charge in [-0.3, -0.25) is 0 Å². The van der Waals surface area contributed by atoms with Crippen LogP contribution in [0.25, 0.3) is 33.4 Å². The molecule has 4 nitrogen and oxygen atoms in total. The van der Waals surface area contributed by atoms with Crippen molar-refractivity contribution in [3.05, 3.63) is 246 Å². The van der Waals surface area contributed by atoms with Crippen molar-refractivity contribution in [3.8, 4) is 33.4 Å². The number of amidine groups is 2. The van der Waals surface area contributed by atoms with E-state index < -0.39 is 0 Å². The van der Waals surface area contributed by atoms with Gasteiger partial charge in [0.2, 0.25) is 0 Å². The number of aliphatic imine (C=N–C) groups is 2. The van der Waals surface area contributed by atoms with Crippen LogP contribution in [0, 0.1) is 5.92 Å². The lowest BCUT2D eigenvalue weighted by Crippen LogP contribution is -2.34. The number of hydrogen-bond donors (Lipinski definition) is 1. The van der Waals surface area contributed by atoms with E-state index in [9.17, 15) is 0 Å². The maximum Gasteiger partial charge on any atom is 0.159 e. The Labute approximate surface area is 364 Å². The second-order valence-electron chi connectivity index (χ2n) is 16.5. The minimum absolute atomic E-state index is 0.247. The first-order valence-electron chi connectivity index (χ1n) is 21.7. The van der Waals surface area contributed by atoms with E-state index in [1.54, 1.807) is 0 Å². The van der Waals surface area contributed by atoms with Crippen LogP contribution in [0.5, 0.6) is 0 Å². The van der Waals surface area contributed by atoms with Crippen LogP contribution in [0.15, 0.2) is 228 Å². The lowest BCUT2D eigenvalue weighted by molar-refractivity contribution is 0.392. The van der Waals surface area contributed by atoms with Crippen molar-refractivity contribution >= 4 is 28.7 Å². The quantitative estimate of drug-likeness (QED) is 0.170. The normalized spacial score (nSPS) is 19.5. The van der Waals surface area contributed by atoms with Crippen LogP contribution in [0.4, 0.5) is 17.1 Å². The average Bonchev–Trinajstić information content (AvgIpc) is 3.63. The molecule has 4 aliphatic rings. The monoisotopic (exact) mass is 798 g/mol. The maximum atomic E-state index is 5.26. The molecule has 7 aromatic rings. The molecule has 2 aliphatic carbocycles. The summed E-state index contributed by atoms with van der Waals surface area (Å²) in [4.78, 5) is 12.8. The van der Waals surface area contributed by atoms with Gasteiger partial charge in [-0.05, 0) is 124 Å². The van der Waals surface area contributed by atoms with Crippen molar-refractivity contribution in [1.82, 2.24) is 5.32 Å². The molecule has 2 aliphatic heterocycles. The fourth-order valence-electron chi connectivity index (χ4n) is 10.0. The van der Waals surface area contributed by atoms with E-state index >= 15 is 0 Å². The molecular weight excluding hydrogens is 753 g/mol. The Morgan fingerprint density at radius 3 is 2.03 bits per heavy atom. The molecule has 0 amide bonds. The highest BCUT2D eigenvalue weighted by molar-refractivity contribution is 6.13. The average molecular weight is 799 g/mol. The van der Waals surface area contributed by atoms with E-state index in [1.165, 1.54) is 22.3 Å². The van der Waals surface area contributed by atoms with Gasteiger partial charge in [0, 0.05) is 33.6 Å². The third-order valence-corrected chi connectivity index (χ3v) is 12.9. The highest BCUT2D eigenvalue weighted by Gasteiger charge is 2.47. The number of allylic oxidation sites excluding steroid dienone is 8. The highest BCUT2D eigenvalue weighted by atomic mass is 15.2. The van der Waals surface area contributed by atoms with Crippen LogP contribution < -0.4 is 10.2 Å². The van der Waals surface area contributed by atoms with Gasteiger partial charge in [0.15, 0.2) is 5.84 Å². The number of nitrogens with zero attached hydrogens (tertiary/aromatic N) is 3. The molecule has 3 unspecified atom stereocenters. The minimum Gasteiger partial charge on any atom is -0.344 e. The molecule has 1 N–H and O–H groups in total. The number of nitrogens with one attached hydrogen (secondary N) is 1. The molecule has 10 bridgehead atoms. The second-order valence-corrected chi connectivity index (χ2v) is 16.5. The summed E-state index contributed by atoms with van der Waals surface area (Å²) < 4.78 is 0. The molecule has 0 fully saturated rings. The van der Waals surface area contributed by atoms with Crippen LogP contribution in [0.1, 0.15) is 53.7 Å². The van der Waals surface area contributed by atoms with Gasteiger partial charge in [-0.25, -0.2) is 9.98 Å². The van der Waals surface area contributed by atoms with E-state index in [0.29, 0.717) is 11.8 Å². The van der Waals surface area contributed by atoms with E-state index in [1.807, 2.05) is 6.07 Å². The van der Waals surface area contributed by atoms with E-state index in [-0.39, 0.29) is 11.6 Å². The highest BCUT2D eigenvalue weighted by Crippen LogP contribution is 2.57. The van der Waals surface area contributed by atoms with Gasteiger partial charge in [0.25, 0.3) is 0 Å². The number of fused-ring (bicyclic) bond motifs is 16. The number of anilines is 3. The van der Waals surface area contributed by atoms with Crippen molar-refractivity contribution in [1.29, 1.82) is 0 Å². The van der Waals surface area contributed by atoms with Gasteiger partial charge in [0.05, 0.1) is 0 Å². The Hall–Kier alpha value is -7.56. The smallest absolute Gasteiger partial charge is 0.159 e. The van der Waals surface area contributed by atoms with Crippen LogP contribution in [-0.4, -0.2) is 11.7 Å². The van der Waals surface area contributed by atoms with Crippen molar-refractivity contribution < 1.29 is 0 Å². The standard InChI is InChI=1S/C58H46N4/c1-2-3-4-13-34-58(47-26-9-6-10-27-47)53-31-12-11-30-51(53)52-33-32-50(39-54(52)58)62-48-28-16-22-43(37-48)41-20-14-24-45(35-41)56-59-55(40-18-7-5-8-19-40)60-57(61-56)46-25-15-21-42(36-46)44-23-17-29-49(62)38-44/h2-26,28-33,35-39,47,56H,27,34H2,1H3,(H,59,60,61)/b3-2-,13-4-. The zero-order chi connectivity index (χ0) is 41.5. The molecule has 0 aromatic heterocycles. The largest absolute Gasteiger partial charge is 0.344 e. The Morgan fingerprint density at radius 2 is 1.26 bits per heavy atom. The molecule has 0 saturated heterocycles. The van der Waals surface area contributed by atoms with Crippen molar-refractivity contribution in [3.63, 3.8) is 0 Å². The van der Waals surface area contributed by atoms with Crippen LogP contribution >= 0.6 is 0 Å². The van der Waals surface area contributed by atoms with Crippen LogP contribution in [0.2, 0.25) is 0 Å². The van der Waals surface area contributed by atoms with Crippen molar-refractivity contribution in [2.45, 2.75) is 31.3 Å². The molecule has 2 heterocycles. The van der Waals surface area contributed by atoms with Crippen molar-refractivity contribution in [2.24, 2.45) is 15.9 Å². The van der Waals surface area contributed by atoms with Crippen molar-refractivity contribution in [2.75, 3.05) is 4.90 Å². The molecule has 4 heteroatoms. The van der Waals surface area contributed by atoms with Crippen LogP contribution in [-0.2, 0) is 5.41 Å². The first-order valence-corrected chi connectivity index (χ1v) is 21.7. The number of rotatable bonds is 6. The first-order chi connectivity index (χ1) is 30.7. The lowest BCUT2D eigenvalue weighted by Gasteiger charge is -2.39. The fourth-order valence-corrected chi connectivity index (χ4v) is 10.0. The SMILES string of the molecule is C/C=C\C=C/CC1(C2C=CC=CC2)c2ccccc2-c2ccc(N3c4cccc(c4)-c4cccc(c4)C4=NC(NC(c5ccccc5)=N4)c4cccc(c4)-c4cccc3c4)cc21. The molecule has 11 rings (SSSR count). The van der Waals surface area contributed by atoms with Gasteiger partial charge in [-0.2, -0.15) is 0 Å². The molecule has 7 aromatic carbocycles. The molecular formula is C58H46N4. The second kappa shape index (κ2) is 15.8. The summed E-state index contributed by atoms with van der Waals surface area (Å²) >= 11 is 0. The number of benzene rings is 7. The third kappa shape index (κ3) is 6.56. The van der Waals surface area contributed by atoms with Gasteiger partial charge in [-0.15, -0.1) is 0 Å². The summed E-state index contributed by atoms with van der Waals surface area (Å²) in [5.74, 6) is 1.81. The summed E-state index contributed by atoms with van der Waals surface area (Å²) in [7, 11) is 0. The zero-order valence-electron chi connectivity index (χ0n) is 34.7. The molecule has 0 spiro atoms. The first kappa shape index (κ1) is 37.4. The van der Waals surface area contributed by atoms with Gasteiger partial charge in [-0.1, -0.05) is 170 Å². The minimum atomic E-state index is -0.324. The van der Waals surface area contributed by atoms with E-state index in [4.69, 9.17) is 9.98 Å². The molecule has 0 radical (unpaired) electrons. The zero-order valence-corrected chi connectivity index (χ0v) is 34.7. The molecule has 298 valence electrons. The van der Waals surface area contributed by atoms with Gasteiger partial charge in [0.1, 0.15) is 12.0 Å². The summed E-state index contributed by atoms with van der Waals surface area (Å²) in [5, 5.41) is 3.68. The topological polar surface area (TPSA) is 40.0 Å². The lowest BCUT2D eigenvalue weighted by atomic mass is 9.64. The van der Waals surface area contributed by atoms with Crippen LogP contribution in [0.3, 0.4) is 0 Å². The van der Waals surface area contributed by atoms with E-state index in [0.717, 1.165) is 74.7 Å². The predicted molar refractivity (Wildman–Crippen MR) is 259 cm³/mol. The summed E-state index contributed by atoms with van der Waals surface area (Å²) in [6.07, 6.45) is 19.6. The predicted octanol–water partition coefficient (Wildman–Crippen LogP) is 14.2. The van der Waals surface area contributed by atoms with Gasteiger partial charge >= 0.3 is 0 Å². The summed E-state index contributed by atoms with van der Waals surface area (Å²) in [6, 6.07) is 62.0. The molecule has 62 heavy (non-hydrogen) atoms. The fraction of sp³-hybridized carbons (Fsp3) is 0.103. The van der Waals surface area contributed by atoms with Gasteiger partial charge < -0.3 is 10.2 Å². The number of hydrogen-bond acceptors (Lipinski definition) is 4. The summed E-state index contributed by atoms with van der Waals surface area (Å²) in [6.45, 7) is 2.08. The Kier molecular flexibility index (Phi) is 9.54. The Balaban J connectivity index is 1.12. The third-order valence-electron chi connectivity index (χ3n) is 12.9. The molecule has 0 saturated carbocycles. The molecule has 3 atom stereocenters.